The van der Waals surface area contributed by atoms with Crippen molar-refractivity contribution in [3.05, 3.63) is 24.7 Å². The first-order valence-electron chi connectivity index (χ1n) is 9.63. The molecule has 22 heavy (non-hydrogen) atoms. The second-order valence-corrected chi connectivity index (χ2v) is 6.00. The smallest absolute Gasteiger partial charge is 0.0193 e. The Hall–Kier alpha value is -0.920. The van der Waals surface area contributed by atoms with Crippen LogP contribution in [0.2, 0.25) is 0 Å². The van der Waals surface area contributed by atoms with Crippen molar-refractivity contribution >= 4 is 0 Å². The van der Waals surface area contributed by atoms with E-state index in [0.29, 0.717) is 0 Å². The molecule has 0 fully saturated rings. The lowest BCUT2D eigenvalue weighted by molar-refractivity contribution is 0.405. The van der Waals surface area contributed by atoms with Gasteiger partial charge in [-0.2, -0.15) is 0 Å². The molecule has 0 atom stereocenters. The Morgan fingerprint density at radius 1 is 0.591 bits per heavy atom. The van der Waals surface area contributed by atoms with Gasteiger partial charge in [-0.15, -0.1) is 0 Å². The highest BCUT2D eigenvalue weighted by Crippen LogP contribution is 2.10. The highest BCUT2D eigenvalue weighted by atomic mass is 15.1. The Morgan fingerprint density at radius 2 is 1.18 bits per heavy atom. The van der Waals surface area contributed by atoms with E-state index in [1.54, 1.807) is 0 Å². The summed E-state index contributed by atoms with van der Waals surface area (Å²) in [6.45, 7) is 12.1. The fourth-order valence-electron chi connectivity index (χ4n) is 2.48. The van der Waals surface area contributed by atoms with Gasteiger partial charge in [0, 0.05) is 32.0 Å². The maximum absolute atomic E-state index is 2.33. The van der Waals surface area contributed by atoms with Crippen LogP contribution in [0.3, 0.4) is 0 Å². The van der Waals surface area contributed by atoms with Gasteiger partial charge in [0.05, 0.1) is 0 Å². The van der Waals surface area contributed by atoms with Gasteiger partial charge in [-0.25, -0.2) is 0 Å². The molecule has 2 nitrogen and oxygen atoms in total. The summed E-state index contributed by atoms with van der Waals surface area (Å²) in [5.74, 6) is 0. The first-order valence-corrected chi connectivity index (χ1v) is 9.63. The van der Waals surface area contributed by atoms with Crippen molar-refractivity contribution in [2.24, 2.45) is 0 Å². The van der Waals surface area contributed by atoms with Crippen LogP contribution in [0.25, 0.3) is 0 Å². The Labute approximate surface area is 140 Å². The molecule has 0 heterocycles. The second kappa shape index (κ2) is 16.5. The lowest BCUT2D eigenvalue weighted by Crippen LogP contribution is -2.17. The molecule has 0 aromatic carbocycles. The van der Waals surface area contributed by atoms with Crippen LogP contribution < -0.4 is 0 Å². The molecule has 0 N–H and O–H groups in total. The number of hydrogen-bond acceptors (Lipinski definition) is 2. The zero-order valence-corrected chi connectivity index (χ0v) is 15.7. The molecule has 2 heteroatoms. The van der Waals surface area contributed by atoms with Crippen LogP contribution in [0, 0.1) is 0 Å². The summed E-state index contributed by atoms with van der Waals surface area (Å²) >= 11 is 0. The maximum Gasteiger partial charge on any atom is 0.0193 e. The summed E-state index contributed by atoms with van der Waals surface area (Å²) in [6.07, 6.45) is 21.4. The third kappa shape index (κ3) is 12.8. The van der Waals surface area contributed by atoms with E-state index in [9.17, 15) is 0 Å². The molecule has 130 valence electrons. The zero-order chi connectivity index (χ0) is 16.5. The zero-order valence-electron chi connectivity index (χ0n) is 15.7. The third-order valence-electron chi connectivity index (χ3n) is 4.17. The summed E-state index contributed by atoms with van der Waals surface area (Å²) < 4.78 is 0. The van der Waals surface area contributed by atoms with Crippen molar-refractivity contribution < 1.29 is 0 Å². The van der Waals surface area contributed by atoms with Crippen LogP contribution >= 0.6 is 0 Å². The minimum absolute atomic E-state index is 1.03. The molecule has 0 saturated heterocycles. The summed E-state index contributed by atoms with van der Waals surface area (Å²) in [7, 11) is 0. The molecule has 0 radical (unpaired) electrons. The van der Waals surface area contributed by atoms with E-state index < -0.39 is 0 Å². The van der Waals surface area contributed by atoms with E-state index in [1.165, 1.54) is 57.8 Å². The number of hydrogen-bond donors (Lipinski definition) is 0. The van der Waals surface area contributed by atoms with Crippen molar-refractivity contribution in [1.82, 2.24) is 9.80 Å². The Kier molecular flexibility index (Phi) is 15.8. The minimum Gasteiger partial charge on any atom is -0.377 e. The first-order chi connectivity index (χ1) is 10.8. The third-order valence-corrected chi connectivity index (χ3v) is 4.17. The van der Waals surface area contributed by atoms with Crippen LogP contribution in [-0.2, 0) is 0 Å². The number of allylic oxidation sites excluding steroid dienone is 1. The number of nitrogens with zero attached hydrogens (tertiary/aromatic N) is 2. The van der Waals surface area contributed by atoms with Crippen LogP contribution in [-0.4, -0.2) is 29.4 Å². The van der Waals surface area contributed by atoms with Gasteiger partial charge < -0.3 is 9.80 Å². The van der Waals surface area contributed by atoms with Gasteiger partial charge in [0.1, 0.15) is 0 Å². The van der Waals surface area contributed by atoms with Gasteiger partial charge in [0.25, 0.3) is 0 Å². The van der Waals surface area contributed by atoms with Gasteiger partial charge >= 0.3 is 0 Å². The first kappa shape index (κ1) is 21.1. The van der Waals surface area contributed by atoms with Crippen molar-refractivity contribution in [3.63, 3.8) is 0 Å². The predicted molar refractivity (Wildman–Crippen MR) is 101 cm³/mol. The molecule has 0 spiro atoms. The standard InChI is InChI=1S/C20H40N2/c1-5-9-10-11-12-13-14-15-16-17-18-22(8-4)20-19-21(6-2)7-3/h17-20H,5-16H2,1-4H3/b18-17+,20-19+. The van der Waals surface area contributed by atoms with Crippen LogP contribution in [0.5, 0.6) is 0 Å². The molecular weight excluding hydrogens is 268 g/mol. The normalized spacial score (nSPS) is 11.6. The average Bonchev–Trinajstić information content (AvgIpc) is 2.55. The second-order valence-electron chi connectivity index (χ2n) is 6.00. The molecule has 0 aromatic rings. The fourth-order valence-corrected chi connectivity index (χ4v) is 2.48. The Bertz CT molecular complexity index is 267. The maximum atomic E-state index is 2.33. The SMILES string of the molecule is CCCCCCCCCC/C=C/N(/C=C/N(CC)CC)CC. The van der Waals surface area contributed by atoms with Crippen molar-refractivity contribution in [2.45, 2.75) is 85.5 Å². The summed E-state index contributed by atoms with van der Waals surface area (Å²) in [5.41, 5.74) is 0. The summed E-state index contributed by atoms with van der Waals surface area (Å²) in [5, 5.41) is 0. The van der Waals surface area contributed by atoms with E-state index in [2.05, 4.69) is 62.2 Å². The largest absolute Gasteiger partial charge is 0.377 e. The van der Waals surface area contributed by atoms with E-state index >= 15 is 0 Å². The highest BCUT2D eigenvalue weighted by molar-refractivity contribution is 4.91. The lowest BCUT2D eigenvalue weighted by atomic mass is 10.1. The van der Waals surface area contributed by atoms with Crippen molar-refractivity contribution in [1.29, 1.82) is 0 Å². The molecule has 0 saturated carbocycles. The summed E-state index contributed by atoms with van der Waals surface area (Å²) in [6, 6.07) is 0. The molecule has 0 aliphatic heterocycles. The van der Waals surface area contributed by atoms with Crippen LogP contribution in [0.1, 0.15) is 85.5 Å². The quantitative estimate of drug-likeness (QED) is 0.334. The predicted octanol–water partition coefficient (Wildman–Crippen LogP) is 6.17. The fraction of sp³-hybridized carbons (Fsp3) is 0.800. The topological polar surface area (TPSA) is 6.48 Å². The van der Waals surface area contributed by atoms with Crippen LogP contribution in [0.15, 0.2) is 24.7 Å². The molecule has 0 aliphatic carbocycles. The molecule has 0 rings (SSSR count). The van der Waals surface area contributed by atoms with Crippen molar-refractivity contribution in [3.8, 4) is 0 Å². The van der Waals surface area contributed by atoms with Gasteiger partial charge in [-0.3, -0.25) is 0 Å². The van der Waals surface area contributed by atoms with Crippen LogP contribution in [0.4, 0.5) is 0 Å². The van der Waals surface area contributed by atoms with Gasteiger partial charge in [0.2, 0.25) is 0 Å². The monoisotopic (exact) mass is 308 g/mol. The average molecular weight is 309 g/mol. The van der Waals surface area contributed by atoms with Gasteiger partial charge in [-0.05, 0) is 39.8 Å². The molecular formula is C20H40N2. The molecule has 0 unspecified atom stereocenters. The number of unbranched alkanes of at least 4 members (excludes halogenated alkanes) is 8. The van der Waals surface area contributed by atoms with E-state index in [0.717, 1.165) is 19.6 Å². The molecule has 0 amide bonds. The Balaban J connectivity index is 3.67. The summed E-state index contributed by atoms with van der Waals surface area (Å²) in [4.78, 5) is 4.58. The van der Waals surface area contributed by atoms with Gasteiger partial charge in [-0.1, -0.05) is 57.9 Å². The molecule has 0 bridgehead atoms. The minimum atomic E-state index is 1.03. The van der Waals surface area contributed by atoms with E-state index in [1.807, 2.05) is 0 Å². The number of rotatable bonds is 15. The van der Waals surface area contributed by atoms with E-state index in [4.69, 9.17) is 0 Å². The highest BCUT2D eigenvalue weighted by Gasteiger charge is 1.93. The Morgan fingerprint density at radius 3 is 1.73 bits per heavy atom. The van der Waals surface area contributed by atoms with Crippen molar-refractivity contribution in [2.75, 3.05) is 19.6 Å². The van der Waals surface area contributed by atoms with E-state index in [-0.39, 0.29) is 0 Å². The molecule has 0 aliphatic rings. The van der Waals surface area contributed by atoms with Gasteiger partial charge in [0.15, 0.2) is 0 Å². The molecule has 0 aromatic heterocycles. The lowest BCUT2D eigenvalue weighted by Gasteiger charge is -2.18.